The van der Waals surface area contributed by atoms with Crippen LogP contribution >= 0.6 is 0 Å². The van der Waals surface area contributed by atoms with Gasteiger partial charge in [0.2, 0.25) is 0 Å². The topological polar surface area (TPSA) is 85.6 Å². The molecule has 1 aliphatic rings. The number of hydrogen-bond acceptors (Lipinski definition) is 5. The van der Waals surface area contributed by atoms with Crippen molar-refractivity contribution in [2.75, 3.05) is 27.3 Å². The molecular weight excluding hydrogens is 351 g/mol. The van der Waals surface area contributed by atoms with E-state index in [1.807, 2.05) is 4.68 Å². The minimum Gasteiger partial charge on any atom is -0.492 e. The van der Waals surface area contributed by atoms with Gasteiger partial charge in [0.25, 0.3) is 0 Å². The average molecular weight is 376 g/mol. The van der Waals surface area contributed by atoms with E-state index in [4.69, 9.17) is 9.47 Å². The summed E-state index contributed by atoms with van der Waals surface area (Å²) in [5, 5.41) is 11.1. The fraction of sp³-hybridized carbons (Fsp3) is 0.500. The number of benzene rings is 1. The lowest BCUT2D eigenvalue weighted by Gasteiger charge is -2.25. The van der Waals surface area contributed by atoms with Crippen molar-refractivity contribution in [3.8, 4) is 5.75 Å². The summed E-state index contributed by atoms with van der Waals surface area (Å²) < 4.78 is 25.7. The molecule has 0 spiro atoms. The summed E-state index contributed by atoms with van der Waals surface area (Å²) in [4.78, 5) is 8.72. The second kappa shape index (κ2) is 9.31. The predicted octanol–water partition coefficient (Wildman–Crippen LogP) is 1.12. The number of aryl methyl sites for hydroxylation is 1. The number of aliphatic imine (C=N–C) groups is 1. The first-order chi connectivity index (χ1) is 13.2. The van der Waals surface area contributed by atoms with Gasteiger partial charge in [-0.3, -0.25) is 4.99 Å². The summed E-state index contributed by atoms with van der Waals surface area (Å²) in [7, 11) is 3.36. The van der Waals surface area contributed by atoms with Gasteiger partial charge in [-0.1, -0.05) is 6.07 Å². The highest BCUT2D eigenvalue weighted by Crippen LogP contribution is 2.13. The Morgan fingerprint density at radius 2 is 2.33 bits per heavy atom. The minimum absolute atomic E-state index is 0.213. The molecular formula is C18H25FN6O2. The Morgan fingerprint density at radius 3 is 3.11 bits per heavy atom. The number of halogens is 1. The van der Waals surface area contributed by atoms with Gasteiger partial charge in [-0.05, 0) is 18.6 Å². The molecule has 1 unspecified atom stereocenters. The summed E-state index contributed by atoms with van der Waals surface area (Å²) in [5.74, 6) is 2.61. The van der Waals surface area contributed by atoms with E-state index in [0.717, 1.165) is 25.2 Å². The zero-order valence-corrected chi connectivity index (χ0v) is 15.6. The van der Waals surface area contributed by atoms with Gasteiger partial charge < -0.3 is 20.1 Å². The van der Waals surface area contributed by atoms with Crippen molar-refractivity contribution in [1.29, 1.82) is 0 Å². The van der Waals surface area contributed by atoms with Crippen LogP contribution in [0.4, 0.5) is 4.39 Å². The van der Waals surface area contributed by atoms with Crippen molar-refractivity contribution in [2.24, 2.45) is 4.99 Å². The summed E-state index contributed by atoms with van der Waals surface area (Å²) in [5.41, 5.74) is 0. The van der Waals surface area contributed by atoms with Crippen molar-refractivity contribution in [3.05, 3.63) is 41.7 Å². The molecule has 1 aromatic carbocycles. The molecule has 8 nitrogen and oxygen atoms in total. The van der Waals surface area contributed by atoms with Gasteiger partial charge in [0, 0.05) is 32.7 Å². The molecule has 0 bridgehead atoms. The third-order valence-electron chi connectivity index (χ3n) is 4.20. The Morgan fingerprint density at radius 1 is 1.44 bits per heavy atom. The molecule has 3 rings (SSSR count). The first kappa shape index (κ1) is 19.1. The Kier molecular flexibility index (Phi) is 6.59. The smallest absolute Gasteiger partial charge is 0.191 e. The highest BCUT2D eigenvalue weighted by Gasteiger charge is 2.22. The monoisotopic (exact) mass is 376 g/mol. The van der Waals surface area contributed by atoms with Crippen molar-refractivity contribution in [3.63, 3.8) is 0 Å². The summed E-state index contributed by atoms with van der Waals surface area (Å²) >= 11 is 0. The lowest BCUT2D eigenvalue weighted by Crippen LogP contribution is -2.47. The molecule has 2 heterocycles. The maximum atomic E-state index is 13.1. The molecule has 0 fully saturated rings. The third-order valence-corrected chi connectivity index (χ3v) is 4.20. The van der Waals surface area contributed by atoms with E-state index < -0.39 is 0 Å². The number of fused-ring (bicyclic) bond motifs is 1. The maximum Gasteiger partial charge on any atom is 0.191 e. The Balaban J connectivity index is 1.43. The molecule has 2 N–H and O–H groups in total. The Bertz CT molecular complexity index is 779. The zero-order valence-electron chi connectivity index (χ0n) is 15.6. The van der Waals surface area contributed by atoms with Gasteiger partial charge in [-0.25, -0.2) is 14.1 Å². The van der Waals surface area contributed by atoms with Gasteiger partial charge in [-0.15, -0.1) is 0 Å². The standard InChI is InChI=1S/C18H25FN6O2/c1-20-18(21-8-9-27-15-5-3-4-13(19)10-15)22-14-6-7-17-23-16(12-26-2)24-25(17)11-14/h3-5,10,14H,6-9,11-12H2,1-2H3,(H2,20,21,22). The number of methoxy groups -OCH3 is 1. The number of rotatable bonds is 7. The molecule has 0 radical (unpaired) electrons. The average Bonchev–Trinajstić information content (AvgIpc) is 3.06. The first-order valence-corrected chi connectivity index (χ1v) is 8.95. The number of aromatic nitrogens is 3. The van der Waals surface area contributed by atoms with E-state index in [1.165, 1.54) is 12.1 Å². The largest absolute Gasteiger partial charge is 0.492 e. The van der Waals surface area contributed by atoms with Gasteiger partial charge in [0.15, 0.2) is 11.8 Å². The normalized spacial score (nSPS) is 16.7. The molecule has 0 amide bonds. The summed E-state index contributed by atoms with van der Waals surface area (Å²) in [6, 6.07) is 6.32. The predicted molar refractivity (Wildman–Crippen MR) is 99.2 cm³/mol. The second-order valence-electron chi connectivity index (χ2n) is 6.24. The van der Waals surface area contributed by atoms with Crippen LogP contribution in [0.25, 0.3) is 0 Å². The van der Waals surface area contributed by atoms with Crippen molar-refractivity contribution < 1.29 is 13.9 Å². The van der Waals surface area contributed by atoms with Crippen molar-refractivity contribution in [1.82, 2.24) is 25.4 Å². The zero-order chi connectivity index (χ0) is 19.1. The Labute approximate surface area is 157 Å². The molecule has 0 saturated carbocycles. The molecule has 1 aliphatic heterocycles. The van der Waals surface area contributed by atoms with Crippen LogP contribution in [-0.2, 0) is 24.3 Å². The Hall–Kier alpha value is -2.68. The fourth-order valence-corrected chi connectivity index (χ4v) is 2.95. The van der Waals surface area contributed by atoms with Crippen LogP contribution in [-0.4, -0.2) is 54.1 Å². The lowest BCUT2D eigenvalue weighted by atomic mass is 10.1. The lowest BCUT2D eigenvalue weighted by molar-refractivity contribution is 0.177. The molecule has 1 atom stereocenters. The highest BCUT2D eigenvalue weighted by atomic mass is 19.1. The molecule has 1 aromatic heterocycles. The molecule has 27 heavy (non-hydrogen) atoms. The van der Waals surface area contributed by atoms with E-state index in [0.29, 0.717) is 37.3 Å². The minimum atomic E-state index is -0.309. The number of hydrogen-bond donors (Lipinski definition) is 2. The molecule has 9 heteroatoms. The SMILES string of the molecule is CN=C(NCCOc1cccc(F)c1)NC1CCc2nc(COC)nn2C1. The van der Waals surface area contributed by atoms with E-state index in [1.54, 1.807) is 26.3 Å². The van der Waals surface area contributed by atoms with E-state index in [9.17, 15) is 4.39 Å². The second-order valence-corrected chi connectivity index (χ2v) is 6.24. The van der Waals surface area contributed by atoms with E-state index >= 15 is 0 Å². The van der Waals surface area contributed by atoms with Gasteiger partial charge in [0.1, 0.15) is 30.6 Å². The quantitative estimate of drug-likeness (QED) is 0.428. The molecule has 2 aromatic rings. The molecule has 0 aliphatic carbocycles. The van der Waals surface area contributed by atoms with Crippen LogP contribution in [0.15, 0.2) is 29.3 Å². The molecule has 0 saturated heterocycles. The van der Waals surface area contributed by atoms with Crippen molar-refractivity contribution >= 4 is 5.96 Å². The van der Waals surface area contributed by atoms with Crippen molar-refractivity contribution in [2.45, 2.75) is 32.0 Å². The first-order valence-electron chi connectivity index (χ1n) is 8.95. The van der Waals surface area contributed by atoms with Gasteiger partial charge >= 0.3 is 0 Å². The third kappa shape index (κ3) is 5.40. The number of guanidine groups is 1. The van der Waals surface area contributed by atoms with Crippen LogP contribution in [0.1, 0.15) is 18.1 Å². The number of ether oxygens (including phenoxy) is 2. The van der Waals surface area contributed by atoms with Crippen LogP contribution in [0.3, 0.4) is 0 Å². The number of nitrogens with one attached hydrogen (secondary N) is 2. The van der Waals surface area contributed by atoms with Crippen LogP contribution in [0.2, 0.25) is 0 Å². The van der Waals surface area contributed by atoms with E-state index in [-0.39, 0.29) is 11.9 Å². The highest BCUT2D eigenvalue weighted by molar-refractivity contribution is 5.79. The van der Waals surface area contributed by atoms with Gasteiger partial charge in [0.05, 0.1) is 13.1 Å². The number of nitrogens with zero attached hydrogens (tertiary/aromatic N) is 4. The van der Waals surface area contributed by atoms with Crippen LogP contribution < -0.4 is 15.4 Å². The maximum absolute atomic E-state index is 13.1. The van der Waals surface area contributed by atoms with E-state index in [2.05, 4.69) is 25.7 Å². The fourth-order valence-electron chi connectivity index (χ4n) is 2.95. The van der Waals surface area contributed by atoms with Crippen LogP contribution in [0, 0.1) is 5.82 Å². The van der Waals surface area contributed by atoms with Gasteiger partial charge in [-0.2, -0.15) is 5.10 Å². The molecule has 146 valence electrons. The summed E-state index contributed by atoms with van der Waals surface area (Å²) in [6.45, 7) is 2.11. The summed E-state index contributed by atoms with van der Waals surface area (Å²) in [6.07, 6.45) is 1.81. The van der Waals surface area contributed by atoms with Crippen LogP contribution in [0.5, 0.6) is 5.75 Å².